The average molecular weight is 268 g/mol. The van der Waals surface area contributed by atoms with Gasteiger partial charge in [-0.1, -0.05) is 11.6 Å². The number of nitrogens with zero attached hydrogens (tertiary/aromatic N) is 1. The van der Waals surface area contributed by atoms with Gasteiger partial charge in [-0.05, 0) is 51.3 Å². The van der Waals surface area contributed by atoms with Gasteiger partial charge in [-0.3, -0.25) is 4.79 Å². The molecule has 2 rings (SSSR count). The summed E-state index contributed by atoms with van der Waals surface area (Å²) in [4.78, 5) is 14.4. The molecule has 1 aliphatic heterocycles. The van der Waals surface area contributed by atoms with E-state index in [0.717, 1.165) is 19.3 Å². The van der Waals surface area contributed by atoms with Gasteiger partial charge in [0.25, 0.3) is 5.91 Å². The lowest BCUT2D eigenvalue weighted by molar-refractivity contribution is 0.0510. The van der Waals surface area contributed by atoms with Crippen molar-refractivity contribution < 1.29 is 9.90 Å². The predicted octanol–water partition coefficient (Wildman–Crippen LogP) is 3.45. The molecule has 0 aromatic heterocycles. The number of amides is 1. The standard InChI is InChI=1S/C14H18ClNO2/c1-9-4-3-5-10(2)16(9)14(18)12-8-11(17)6-7-13(12)15/h6-10,17H,3-5H2,1-2H3. The fraction of sp³-hybridized carbons (Fsp3) is 0.500. The summed E-state index contributed by atoms with van der Waals surface area (Å²) in [6.07, 6.45) is 3.19. The number of piperidine rings is 1. The van der Waals surface area contributed by atoms with E-state index in [-0.39, 0.29) is 23.7 Å². The molecule has 2 unspecified atom stereocenters. The Labute approximate surface area is 112 Å². The molecule has 3 nitrogen and oxygen atoms in total. The molecule has 1 saturated heterocycles. The Bertz CT molecular complexity index is 451. The molecule has 1 heterocycles. The van der Waals surface area contributed by atoms with E-state index in [9.17, 15) is 9.90 Å². The number of halogens is 1. The van der Waals surface area contributed by atoms with Crippen LogP contribution in [0.4, 0.5) is 0 Å². The molecule has 1 aromatic carbocycles. The van der Waals surface area contributed by atoms with Gasteiger partial charge in [-0.2, -0.15) is 0 Å². The largest absolute Gasteiger partial charge is 0.508 e. The summed E-state index contributed by atoms with van der Waals surface area (Å²) in [5, 5.41) is 9.88. The van der Waals surface area contributed by atoms with Crippen LogP contribution in [-0.2, 0) is 0 Å². The zero-order valence-electron chi connectivity index (χ0n) is 10.7. The highest BCUT2D eigenvalue weighted by molar-refractivity contribution is 6.33. The van der Waals surface area contributed by atoms with Crippen molar-refractivity contribution in [3.8, 4) is 5.75 Å². The summed E-state index contributed by atoms with van der Waals surface area (Å²) in [7, 11) is 0. The molecule has 1 aliphatic rings. The molecule has 0 bridgehead atoms. The van der Waals surface area contributed by atoms with Crippen LogP contribution in [0.25, 0.3) is 0 Å². The fourth-order valence-electron chi connectivity index (χ4n) is 2.64. The third-order valence-corrected chi connectivity index (χ3v) is 3.94. The first kappa shape index (κ1) is 13.2. The number of aromatic hydroxyl groups is 1. The minimum absolute atomic E-state index is 0.0695. The van der Waals surface area contributed by atoms with Gasteiger partial charge >= 0.3 is 0 Å². The molecule has 0 saturated carbocycles. The summed E-state index contributed by atoms with van der Waals surface area (Å²) in [6.45, 7) is 4.12. The molecule has 0 aliphatic carbocycles. The van der Waals surface area contributed by atoms with Crippen molar-refractivity contribution in [2.75, 3.05) is 0 Å². The van der Waals surface area contributed by atoms with Crippen LogP contribution in [0.1, 0.15) is 43.5 Å². The number of hydrogen-bond acceptors (Lipinski definition) is 2. The van der Waals surface area contributed by atoms with E-state index in [1.807, 2.05) is 4.90 Å². The van der Waals surface area contributed by atoms with Crippen molar-refractivity contribution in [3.05, 3.63) is 28.8 Å². The third kappa shape index (κ3) is 2.46. The van der Waals surface area contributed by atoms with Crippen LogP contribution in [0.2, 0.25) is 5.02 Å². The van der Waals surface area contributed by atoms with E-state index >= 15 is 0 Å². The highest BCUT2D eigenvalue weighted by Crippen LogP contribution is 2.28. The van der Waals surface area contributed by atoms with Gasteiger partial charge in [-0.15, -0.1) is 0 Å². The van der Waals surface area contributed by atoms with Gasteiger partial charge in [0, 0.05) is 12.1 Å². The van der Waals surface area contributed by atoms with E-state index in [0.29, 0.717) is 10.6 Å². The highest BCUT2D eigenvalue weighted by Gasteiger charge is 2.30. The van der Waals surface area contributed by atoms with Crippen LogP contribution in [0.5, 0.6) is 5.75 Å². The van der Waals surface area contributed by atoms with Gasteiger partial charge < -0.3 is 10.0 Å². The smallest absolute Gasteiger partial charge is 0.255 e. The van der Waals surface area contributed by atoms with E-state index in [4.69, 9.17) is 11.6 Å². The van der Waals surface area contributed by atoms with Crippen LogP contribution in [0.15, 0.2) is 18.2 Å². The maximum Gasteiger partial charge on any atom is 0.255 e. The van der Waals surface area contributed by atoms with Crippen molar-refractivity contribution in [1.29, 1.82) is 0 Å². The second kappa shape index (κ2) is 5.19. The molecule has 0 radical (unpaired) electrons. The number of phenolic OH excluding ortho intramolecular Hbond substituents is 1. The van der Waals surface area contributed by atoms with E-state index < -0.39 is 0 Å². The SMILES string of the molecule is CC1CCCC(C)N1C(=O)c1cc(O)ccc1Cl. The number of phenols is 1. The minimum atomic E-state index is -0.0874. The van der Waals surface area contributed by atoms with Crippen molar-refractivity contribution in [2.45, 2.75) is 45.2 Å². The molecule has 0 spiro atoms. The molecule has 2 atom stereocenters. The topological polar surface area (TPSA) is 40.5 Å². The number of benzene rings is 1. The zero-order valence-corrected chi connectivity index (χ0v) is 11.4. The van der Waals surface area contributed by atoms with Crippen molar-refractivity contribution >= 4 is 17.5 Å². The summed E-state index contributed by atoms with van der Waals surface area (Å²) in [6, 6.07) is 4.93. The third-order valence-electron chi connectivity index (χ3n) is 3.61. The lowest BCUT2D eigenvalue weighted by Crippen LogP contribution is -2.47. The number of carbonyl (C=O) groups excluding carboxylic acids is 1. The molecular formula is C14H18ClNO2. The quantitative estimate of drug-likeness (QED) is 0.847. The monoisotopic (exact) mass is 267 g/mol. The van der Waals surface area contributed by atoms with Crippen LogP contribution >= 0.6 is 11.6 Å². The fourth-order valence-corrected chi connectivity index (χ4v) is 2.84. The summed E-state index contributed by atoms with van der Waals surface area (Å²) in [5.41, 5.74) is 0.386. The lowest BCUT2D eigenvalue weighted by atomic mass is 9.96. The van der Waals surface area contributed by atoms with E-state index in [1.54, 1.807) is 6.07 Å². The van der Waals surface area contributed by atoms with Gasteiger partial charge in [0.05, 0.1) is 10.6 Å². The number of carbonyl (C=O) groups is 1. The molecular weight excluding hydrogens is 250 g/mol. The molecule has 98 valence electrons. The first-order valence-electron chi connectivity index (χ1n) is 6.32. The Morgan fingerprint density at radius 1 is 1.33 bits per heavy atom. The zero-order chi connectivity index (χ0) is 13.3. The Morgan fingerprint density at radius 2 is 1.94 bits per heavy atom. The molecule has 1 amide bonds. The number of likely N-dealkylation sites (tertiary alicyclic amines) is 1. The van der Waals surface area contributed by atoms with Crippen molar-refractivity contribution in [2.24, 2.45) is 0 Å². The molecule has 1 fully saturated rings. The summed E-state index contributed by atoms with van der Waals surface area (Å²) >= 11 is 6.05. The normalized spacial score (nSPS) is 24.1. The Morgan fingerprint density at radius 3 is 2.56 bits per heavy atom. The number of hydrogen-bond donors (Lipinski definition) is 1. The molecule has 4 heteroatoms. The second-order valence-corrected chi connectivity index (χ2v) is 5.41. The van der Waals surface area contributed by atoms with Gasteiger partial charge in [-0.25, -0.2) is 0 Å². The molecule has 1 aromatic rings. The summed E-state index contributed by atoms with van der Waals surface area (Å²) in [5.74, 6) is -0.0179. The summed E-state index contributed by atoms with van der Waals surface area (Å²) < 4.78 is 0. The lowest BCUT2D eigenvalue weighted by Gasteiger charge is -2.39. The average Bonchev–Trinajstić information content (AvgIpc) is 2.32. The number of rotatable bonds is 1. The van der Waals surface area contributed by atoms with Crippen LogP contribution in [0.3, 0.4) is 0 Å². The van der Waals surface area contributed by atoms with Crippen LogP contribution in [0, 0.1) is 0 Å². The van der Waals surface area contributed by atoms with Crippen LogP contribution < -0.4 is 0 Å². The van der Waals surface area contributed by atoms with Gasteiger partial charge in [0.15, 0.2) is 0 Å². The predicted molar refractivity (Wildman–Crippen MR) is 72.1 cm³/mol. The van der Waals surface area contributed by atoms with Gasteiger partial charge in [0.2, 0.25) is 0 Å². The van der Waals surface area contributed by atoms with Crippen LogP contribution in [-0.4, -0.2) is 28.0 Å². The van der Waals surface area contributed by atoms with Crippen molar-refractivity contribution in [3.63, 3.8) is 0 Å². The first-order chi connectivity index (χ1) is 8.50. The second-order valence-electron chi connectivity index (χ2n) is 5.01. The Hall–Kier alpha value is -1.22. The minimum Gasteiger partial charge on any atom is -0.508 e. The van der Waals surface area contributed by atoms with E-state index in [2.05, 4.69) is 13.8 Å². The Kier molecular flexibility index (Phi) is 3.81. The maximum absolute atomic E-state index is 12.5. The molecule has 18 heavy (non-hydrogen) atoms. The maximum atomic E-state index is 12.5. The van der Waals surface area contributed by atoms with Crippen molar-refractivity contribution in [1.82, 2.24) is 4.90 Å². The first-order valence-corrected chi connectivity index (χ1v) is 6.69. The Balaban J connectivity index is 2.32. The molecule has 1 N–H and O–H groups in total. The highest BCUT2D eigenvalue weighted by atomic mass is 35.5. The van der Waals surface area contributed by atoms with Gasteiger partial charge in [0.1, 0.15) is 5.75 Å². The van der Waals surface area contributed by atoms with E-state index in [1.165, 1.54) is 12.1 Å².